The van der Waals surface area contributed by atoms with E-state index in [1.165, 1.54) is 6.20 Å². The van der Waals surface area contributed by atoms with Gasteiger partial charge in [0.05, 0.1) is 22.6 Å². The smallest absolute Gasteiger partial charge is 0.259 e. The van der Waals surface area contributed by atoms with Gasteiger partial charge >= 0.3 is 0 Å². The molecule has 2 aromatic rings. The molecule has 0 aliphatic carbocycles. The van der Waals surface area contributed by atoms with Crippen molar-refractivity contribution in [2.24, 2.45) is 12.9 Å². The number of carbonyl (C=O) groups excluding carboxylic acids is 1. The topological polar surface area (TPSA) is 97.9 Å². The van der Waals surface area contributed by atoms with E-state index >= 15 is 0 Å². The molecule has 0 unspecified atom stereocenters. The number of nitrogen functional groups attached to an aromatic ring is 1. The molecule has 20 heavy (non-hydrogen) atoms. The number of aryl methyl sites for hydroxylation is 3. The second kappa shape index (κ2) is 5.70. The van der Waals surface area contributed by atoms with Crippen LogP contribution >= 0.6 is 0 Å². The van der Waals surface area contributed by atoms with Crippen LogP contribution in [0, 0.1) is 6.92 Å². The number of aromatic nitrogens is 3. The average Bonchev–Trinajstić information content (AvgIpc) is 2.78. The number of amides is 1. The van der Waals surface area contributed by atoms with E-state index in [4.69, 9.17) is 5.84 Å². The fourth-order valence-corrected chi connectivity index (χ4v) is 1.95. The van der Waals surface area contributed by atoms with Gasteiger partial charge in [-0.25, -0.2) is 0 Å². The standard InChI is InChI=1S/C13H18N6O/c1-4-10-12(7-19(3)18-10)16-13(20)9-6-15-8(2)5-11(9)17-14/h5-7H,4,14H2,1-3H3,(H,15,17)(H,16,20). The number of nitrogens with zero attached hydrogens (tertiary/aromatic N) is 3. The first kappa shape index (κ1) is 14.0. The Bertz CT molecular complexity index is 634. The summed E-state index contributed by atoms with van der Waals surface area (Å²) >= 11 is 0. The zero-order chi connectivity index (χ0) is 14.7. The molecule has 0 atom stereocenters. The molecule has 0 spiro atoms. The lowest BCUT2D eigenvalue weighted by Crippen LogP contribution is -2.18. The molecule has 7 nitrogen and oxygen atoms in total. The molecule has 0 saturated carbocycles. The summed E-state index contributed by atoms with van der Waals surface area (Å²) in [5.41, 5.74) is 5.76. The Morgan fingerprint density at radius 2 is 2.20 bits per heavy atom. The summed E-state index contributed by atoms with van der Waals surface area (Å²) in [4.78, 5) is 16.4. The molecular formula is C13H18N6O. The number of hydrazine groups is 1. The van der Waals surface area contributed by atoms with E-state index in [1.54, 1.807) is 16.9 Å². The number of pyridine rings is 1. The largest absolute Gasteiger partial charge is 0.323 e. The van der Waals surface area contributed by atoms with Gasteiger partial charge in [-0.1, -0.05) is 6.92 Å². The second-order valence-electron chi connectivity index (χ2n) is 4.49. The van der Waals surface area contributed by atoms with Crippen LogP contribution < -0.4 is 16.6 Å². The first-order valence-electron chi connectivity index (χ1n) is 6.32. The fourth-order valence-electron chi connectivity index (χ4n) is 1.95. The fraction of sp³-hybridized carbons (Fsp3) is 0.308. The summed E-state index contributed by atoms with van der Waals surface area (Å²) in [6, 6.07) is 1.72. The Labute approximate surface area is 117 Å². The van der Waals surface area contributed by atoms with Crippen molar-refractivity contribution in [1.29, 1.82) is 0 Å². The molecular weight excluding hydrogens is 256 g/mol. The van der Waals surface area contributed by atoms with Gasteiger partial charge in [0.25, 0.3) is 5.91 Å². The lowest BCUT2D eigenvalue weighted by atomic mass is 10.2. The van der Waals surface area contributed by atoms with Crippen molar-refractivity contribution < 1.29 is 4.79 Å². The summed E-state index contributed by atoms with van der Waals surface area (Å²) in [5, 5.41) is 7.11. The third-order valence-corrected chi connectivity index (χ3v) is 2.93. The minimum atomic E-state index is -0.270. The zero-order valence-electron chi connectivity index (χ0n) is 11.8. The third-order valence-electron chi connectivity index (χ3n) is 2.93. The van der Waals surface area contributed by atoms with Crippen molar-refractivity contribution in [3.8, 4) is 0 Å². The van der Waals surface area contributed by atoms with Crippen LogP contribution in [0.4, 0.5) is 11.4 Å². The number of hydrogen-bond acceptors (Lipinski definition) is 5. The second-order valence-corrected chi connectivity index (χ2v) is 4.49. The van der Waals surface area contributed by atoms with Crippen LogP contribution in [0.1, 0.15) is 28.7 Å². The normalized spacial score (nSPS) is 10.4. The number of anilines is 2. The first-order valence-corrected chi connectivity index (χ1v) is 6.32. The van der Waals surface area contributed by atoms with E-state index in [0.717, 1.165) is 17.8 Å². The third kappa shape index (κ3) is 2.77. The number of nitrogens with two attached hydrogens (primary N) is 1. The highest BCUT2D eigenvalue weighted by molar-refractivity contribution is 6.08. The molecule has 0 aliphatic heterocycles. The van der Waals surface area contributed by atoms with Crippen LogP contribution in [0.15, 0.2) is 18.5 Å². The predicted octanol–water partition coefficient (Wildman–Crippen LogP) is 1.22. The molecule has 2 aromatic heterocycles. The van der Waals surface area contributed by atoms with Gasteiger partial charge in [-0.15, -0.1) is 0 Å². The maximum Gasteiger partial charge on any atom is 0.259 e. The quantitative estimate of drug-likeness (QED) is 0.575. The van der Waals surface area contributed by atoms with E-state index in [1.807, 2.05) is 20.9 Å². The predicted molar refractivity (Wildman–Crippen MR) is 77.3 cm³/mol. The van der Waals surface area contributed by atoms with Crippen molar-refractivity contribution in [3.63, 3.8) is 0 Å². The molecule has 0 radical (unpaired) electrons. The Kier molecular flexibility index (Phi) is 3.99. The highest BCUT2D eigenvalue weighted by atomic mass is 16.1. The van der Waals surface area contributed by atoms with Crippen molar-refractivity contribution in [1.82, 2.24) is 14.8 Å². The van der Waals surface area contributed by atoms with Crippen molar-refractivity contribution >= 4 is 17.3 Å². The van der Waals surface area contributed by atoms with Crippen molar-refractivity contribution in [2.45, 2.75) is 20.3 Å². The number of rotatable bonds is 4. The molecule has 0 aromatic carbocycles. The van der Waals surface area contributed by atoms with Gasteiger partial charge < -0.3 is 10.7 Å². The van der Waals surface area contributed by atoms with E-state index in [-0.39, 0.29) is 5.91 Å². The van der Waals surface area contributed by atoms with Crippen molar-refractivity contribution in [2.75, 3.05) is 10.7 Å². The summed E-state index contributed by atoms with van der Waals surface area (Å²) in [5.74, 6) is 5.17. The molecule has 106 valence electrons. The molecule has 2 rings (SSSR count). The van der Waals surface area contributed by atoms with Crippen LogP contribution in [0.2, 0.25) is 0 Å². The highest BCUT2D eigenvalue weighted by Crippen LogP contribution is 2.19. The SMILES string of the molecule is CCc1nn(C)cc1NC(=O)c1cnc(C)cc1NN. The van der Waals surface area contributed by atoms with Crippen LogP contribution in [0.25, 0.3) is 0 Å². The van der Waals surface area contributed by atoms with Crippen LogP contribution in [0.3, 0.4) is 0 Å². The summed E-state index contributed by atoms with van der Waals surface area (Å²) < 4.78 is 1.67. The van der Waals surface area contributed by atoms with Crippen molar-refractivity contribution in [3.05, 3.63) is 35.4 Å². The molecule has 0 fully saturated rings. The molecule has 0 aliphatic rings. The monoisotopic (exact) mass is 274 g/mol. The minimum absolute atomic E-state index is 0.270. The highest BCUT2D eigenvalue weighted by Gasteiger charge is 2.15. The van der Waals surface area contributed by atoms with Crippen LogP contribution in [-0.2, 0) is 13.5 Å². The Hall–Kier alpha value is -2.41. The molecule has 0 saturated heterocycles. The summed E-state index contributed by atoms with van der Waals surface area (Å²) in [6.07, 6.45) is 4.01. The lowest BCUT2D eigenvalue weighted by molar-refractivity contribution is 0.102. The van der Waals surface area contributed by atoms with Crippen LogP contribution in [0.5, 0.6) is 0 Å². The Morgan fingerprint density at radius 3 is 2.85 bits per heavy atom. The van der Waals surface area contributed by atoms with E-state index in [2.05, 4.69) is 20.8 Å². The van der Waals surface area contributed by atoms with Crippen LogP contribution in [-0.4, -0.2) is 20.7 Å². The van der Waals surface area contributed by atoms with Gasteiger partial charge in [0.15, 0.2) is 0 Å². The minimum Gasteiger partial charge on any atom is -0.323 e. The lowest BCUT2D eigenvalue weighted by Gasteiger charge is -2.09. The van der Waals surface area contributed by atoms with Gasteiger partial charge in [-0.2, -0.15) is 5.10 Å². The molecule has 4 N–H and O–H groups in total. The van der Waals surface area contributed by atoms with Gasteiger partial charge in [0, 0.05) is 25.1 Å². The van der Waals surface area contributed by atoms with Gasteiger partial charge in [-0.3, -0.25) is 20.3 Å². The Morgan fingerprint density at radius 1 is 1.45 bits per heavy atom. The van der Waals surface area contributed by atoms with E-state index < -0.39 is 0 Å². The van der Waals surface area contributed by atoms with Gasteiger partial charge in [0.1, 0.15) is 0 Å². The van der Waals surface area contributed by atoms with Gasteiger partial charge in [0.2, 0.25) is 0 Å². The number of nitrogens with one attached hydrogen (secondary N) is 2. The summed E-state index contributed by atoms with van der Waals surface area (Å²) in [7, 11) is 1.81. The maximum absolute atomic E-state index is 12.3. The van der Waals surface area contributed by atoms with E-state index in [0.29, 0.717) is 16.9 Å². The molecule has 1 amide bonds. The maximum atomic E-state index is 12.3. The number of carbonyl (C=O) groups is 1. The summed E-state index contributed by atoms with van der Waals surface area (Å²) in [6.45, 7) is 3.82. The molecule has 0 bridgehead atoms. The molecule has 7 heteroatoms. The first-order chi connectivity index (χ1) is 9.55. The number of hydrogen-bond donors (Lipinski definition) is 3. The van der Waals surface area contributed by atoms with Gasteiger partial charge in [-0.05, 0) is 19.4 Å². The molecule has 2 heterocycles. The Balaban J connectivity index is 2.28. The average molecular weight is 274 g/mol. The van der Waals surface area contributed by atoms with E-state index in [9.17, 15) is 4.79 Å². The zero-order valence-corrected chi connectivity index (χ0v) is 11.8.